The smallest absolute Gasteiger partial charge is 0.240 e. The van der Waals surface area contributed by atoms with Gasteiger partial charge in [0.2, 0.25) is 10.0 Å². The summed E-state index contributed by atoms with van der Waals surface area (Å²) in [5.41, 5.74) is 0.881. The van der Waals surface area contributed by atoms with Gasteiger partial charge in [0.1, 0.15) is 18.2 Å². The highest BCUT2D eigenvalue weighted by Gasteiger charge is 2.13. The number of hydrogen-bond acceptors (Lipinski definition) is 3. The summed E-state index contributed by atoms with van der Waals surface area (Å²) in [5, 5.41) is 0.643. The number of aryl methyl sites for hydroxylation is 1. The second kappa shape index (κ2) is 7.09. The van der Waals surface area contributed by atoms with Crippen molar-refractivity contribution >= 4 is 21.6 Å². The highest BCUT2D eigenvalue weighted by molar-refractivity contribution is 7.89. The third-order valence-corrected chi connectivity index (χ3v) is 4.82. The first-order valence-electron chi connectivity index (χ1n) is 6.53. The van der Waals surface area contributed by atoms with Gasteiger partial charge in [0.15, 0.2) is 0 Å². The molecule has 4 nitrogen and oxygen atoms in total. The Morgan fingerprint density at radius 1 is 1.18 bits per heavy atom. The first-order valence-corrected chi connectivity index (χ1v) is 8.39. The van der Waals surface area contributed by atoms with Crippen LogP contribution < -0.4 is 9.46 Å². The van der Waals surface area contributed by atoms with Crippen LogP contribution >= 0.6 is 11.6 Å². The van der Waals surface area contributed by atoms with Gasteiger partial charge in [-0.3, -0.25) is 0 Å². The molecular formula is C15H15ClFNO3S. The van der Waals surface area contributed by atoms with Crippen LogP contribution in [0, 0.1) is 12.7 Å². The van der Waals surface area contributed by atoms with E-state index < -0.39 is 15.8 Å². The van der Waals surface area contributed by atoms with Crippen LogP contribution in [0.1, 0.15) is 5.56 Å². The van der Waals surface area contributed by atoms with Crippen molar-refractivity contribution in [1.82, 2.24) is 4.72 Å². The Hall–Kier alpha value is -1.63. The van der Waals surface area contributed by atoms with Gasteiger partial charge in [0.05, 0.1) is 4.90 Å². The standard InChI is InChI=1S/C15H15ClFNO3S/c1-11-10-13(4-7-15(11)16)21-9-8-18-22(19,20)14-5-2-12(17)3-6-14/h2-7,10,18H,8-9H2,1H3. The maximum absolute atomic E-state index is 12.8. The topological polar surface area (TPSA) is 55.4 Å². The van der Waals surface area contributed by atoms with E-state index in [1.165, 1.54) is 12.1 Å². The SMILES string of the molecule is Cc1cc(OCCNS(=O)(=O)c2ccc(F)cc2)ccc1Cl. The molecule has 0 aliphatic heterocycles. The van der Waals surface area contributed by atoms with Crippen LogP contribution in [0.5, 0.6) is 5.75 Å². The van der Waals surface area contributed by atoms with Gasteiger partial charge in [-0.05, 0) is 55.0 Å². The van der Waals surface area contributed by atoms with Crippen molar-refractivity contribution in [1.29, 1.82) is 0 Å². The molecule has 2 rings (SSSR count). The zero-order valence-electron chi connectivity index (χ0n) is 11.8. The second-order valence-corrected chi connectivity index (χ2v) is 6.79. The molecule has 0 bridgehead atoms. The number of halogens is 2. The van der Waals surface area contributed by atoms with Gasteiger partial charge in [-0.1, -0.05) is 11.6 Å². The predicted octanol–water partition coefficient (Wildman–Crippen LogP) is 3.14. The minimum Gasteiger partial charge on any atom is -0.492 e. The van der Waals surface area contributed by atoms with Crippen molar-refractivity contribution < 1.29 is 17.5 Å². The Kier molecular flexibility index (Phi) is 5.39. The maximum atomic E-state index is 12.8. The lowest BCUT2D eigenvalue weighted by molar-refractivity contribution is 0.322. The number of hydrogen-bond donors (Lipinski definition) is 1. The van der Waals surface area contributed by atoms with Gasteiger partial charge < -0.3 is 4.74 Å². The van der Waals surface area contributed by atoms with E-state index in [4.69, 9.17) is 16.3 Å². The fourth-order valence-electron chi connectivity index (χ4n) is 1.75. The van der Waals surface area contributed by atoms with Crippen LogP contribution in [0.25, 0.3) is 0 Å². The Morgan fingerprint density at radius 3 is 2.50 bits per heavy atom. The average Bonchev–Trinajstić information content (AvgIpc) is 2.48. The fraction of sp³-hybridized carbons (Fsp3) is 0.200. The minimum absolute atomic E-state index is 0.0104. The highest BCUT2D eigenvalue weighted by Crippen LogP contribution is 2.20. The van der Waals surface area contributed by atoms with Gasteiger partial charge in [-0.25, -0.2) is 17.5 Å². The first kappa shape index (κ1) is 16.7. The average molecular weight is 344 g/mol. The van der Waals surface area contributed by atoms with Crippen molar-refractivity contribution in [2.75, 3.05) is 13.2 Å². The van der Waals surface area contributed by atoms with Crippen molar-refractivity contribution in [3.05, 3.63) is 58.9 Å². The molecule has 0 saturated heterocycles. The summed E-state index contributed by atoms with van der Waals surface area (Å²) < 4.78 is 44.5. The molecular weight excluding hydrogens is 329 g/mol. The Labute approximate surface area is 133 Å². The van der Waals surface area contributed by atoms with Gasteiger partial charge in [-0.2, -0.15) is 0 Å². The molecule has 0 aliphatic rings. The molecule has 0 spiro atoms. The van der Waals surface area contributed by atoms with E-state index in [-0.39, 0.29) is 18.0 Å². The third kappa shape index (κ3) is 4.43. The van der Waals surface area contributed by atoms with Crippen LogP contribution in [0.4, 0.5) is 4.39 Å². The van der Waals surface area contributed by atoms with Crippen molar-refractivity contribution in [3.63, 3.8) is 0 Å². The molecule has 0 unspecified atom stereocenters. The van der Waals surface area contributed by atoms with E-state index in [1.54, 1.807) is 18.2 Å². The Morgan fingerprint density at radius 2 is 1.86 bits per heavy atom. The van der Waals surface area contributed by atoms with Crippen molar-refractivity contribution in [2.24, 2.45) is 0 Å². The Balaban J connectivity index is 1.87. The van der Waals surface area contributed by atoms with E-state index in [0.29, 0.717) is 10.8 Å². The van der Waals surface area contributed by atoms with E-state index in [9.17, 15) is 12.8 Å². The van der Waals surface area contributed by atoms with Crippen LogP contribution in [0.15, 0.2) is 47.4 Å². The van der Waals surface area contributed by atoms with Gasteiger partial charge in [0, 0.05) is 11.6 Å². The normalized spacial score (nSPS) is 11.4. The number of nitrogens with one attached hydrogen (secondary N) is 1. The monoisotopic (exact) mass is 343 g/mol. The maximum Gasteiger partial charge on any atom is 0.240 e. The summed E-state index contributed by atoms with van der Waals surface area (Å²) in [7, 11) is -3.66. The first-order chi connectivity index (χ1) is 10.4. The zero-order chi connectivity index (χ0) is 16.2. The molecule has 0 aromatic heterocycles. The molecule has 0 atom stereocenters. The molecule has 0 saturated carbocycles. The highest BCUT2D eigenvalue weighted by atomic mass is 35.5. The molecule has 0 radical (unpaired) electrons. The molecule has 0 aliphatic carbocycles. The lowest BCUT2D eigenvalue weighted by atomic mass is 10.2. The minimum atomic E-state index is -3.66. The molecule has 2 aromatic rings. The summed E-state index contributed by atoms with van der Waals surface area (Å²) in [4.78, 5) is 0.0104. The molecule has 7 heteroatoms. The van der Waals surface area contributed by atoms with Crippen LogP contribution in [0.3, 0.4) is 0 Å². The van der Waals surface area contributed by atoms with E-state index in [0.717, 1.165) is 17.7 Å². The summed E-state index contributed by atoms with van der Waals surface area (Å²) in [6.45, 7) is 2.12. The van der Waals surface area contributed by atoms with E-state index in [2.05, 4.69) is 4.72 Å². The molecule has 118 valence electrons. The van der Waals surface area contributed by atoms with Crippen LogP contribution in [0.2, 0.25) is 5.02 Å². The van der Waals surface area contributed by atoms with Gasteiger partial charge in [-0.15, -0.1) is 0 Å². The summed E-state index contributed by atoms with van der Waals surface area (Å²) in [6, 6.07) is 9.82. The summed E-state index contributed by atoms with van der Waals surface area (Å²) in [6.07, 6.45) is 0. The third-order valence-electron chi connectivity index (χ3n) is 2.92. The number of ether oxygens (including phenoxy) is 1. The molecule has 2 aromatic carbocycles. The second-order valence-electron chi connectivity index (χ2n) is 4.61. The lowest BCUT2D eigenvalue weighted by Gasteiger charge is -2.09. The van der Waals surface area contributed by atoms with Crippen molar-refractivity contribution in [2.45, 2.75) is 11.8 Å². The largest absolute Gasteiger partial charge is 0.492 e. The number of rotatable bonds is 6. The quantitative estimate of drug-likeness (QED) is 0.820. The summed E-state index contributed by atoms with van der Waals surface area (Å²) in [5.74, 6) is 0.128. The lowest BCUT2D eigenvalue weighted by Crippen LogP contribution is -2.28. The summed E-state index contributed by atoms with van der Waals surface area (Å²) >= 11 is 5.91. The number of benzene rings is 2. The molecule has 0 fully saturated rings. The molecule has 1 N–H and O–H groups in total. The zero-order valence-corrected chi connectivity index (χ0v) is 13.4. The van der Waals surface area contributed by atoms with Crippen molar-refractivity contribution in [3.8, 4) is 5.75 Å². The predicted molar refractivity (Wildman–Crippen MR) is 83.3 cm³/mol. The fourth-order valence-corrected chi connectivity index (χ4v) is 2.88. The van der Waals surface area contributed by atoms with Crippen LogP contribution in [-0.4, -0.2) is 21.6 Å². The van der Waals surface area contributed by atoms with Crippen LogP contribution in [-0.2, 0) is 10.0 Å². The number of sulfonamides is 1. The van der Waals surface area contributed by atoms with Gasteiger partial charge >= 0.3 is 0 Å². The van der Waals surface area contributed by atoms with E-state index in [1.807, 2.05) is 6.92 Å². The molecule has 0 heterocycles. The molecule has 22 heavy (non-hydrogen) atoms. The van der Waals surface area contributed by atoms with Gasteiger partial charge in [0.25, 0.3) is 0 Å². The molecule has 0 amide bonds. The van der Waals surface area contributed by atoms with E-state index >= 15 is 0 Å². The Bertz CT molecular complexity index is 748.